The van der Waals surface area contributed by atoms with Crippen LogP contribution in [0.5, 0.6) is 0 Å². The molecule has 0 aliphatic heterocycles. The van der Waals surface area contributed by atoms with E-state index in [4.69, 9.17) is 0 Å². The number of hydrogen-bond acceptors (Lipinski definition) is 2. The van der Waals surface area contributed by atoms with Gasteiger partial charge in [-0.25, -0.2) is 4.98 Å². The van der Waals surface area contributed by atoms with Crippen molar-refractivity contribution in [3.63, 3.8) is 0 Å². The van der Waals surface area contributed by atoms with Crippen LogP contribution in [0.3, 0.4) is 0 Å². The van der Waals surface area contributed by atoms with Gasteiger partial charge in [-0.05, 0) is 19.4 Å². The molecule has 3 nitrogen and oxygen atoms in total. The first-order valence-corrected chi connectivity index (χ1v) is 3.54. The molecule has 11 heavy (non-hydrogen) atoms. The highest BCUT2D eigenvalue weighted by molar-refractivity contribution is 5.77. The molecule has 0 spiro atoms. The van der Waals surface area contributed by atoms with Gasteiger partial charge in [0, 0.05) is 5.69 Å². The summed E-state index contributed by atoms with van der Waals surface area (Å²) in [6.45, 7) is 4.02. The topological polar surface area (TPSA) is 41.6 Å². The largest absolute Gasteiger partial charge is 0.343 e. The lowest BCUT2D eigenvalue weighted by molar-refractivity contribution is 1.17. The van der Waals surface area contributed by atoms with Crippen molar-refractivity contribution in [1.29, 1.82) is 0 Å². The summed E-state index contributed by atoms with van der Waals surface area (Å²) >= 11 is 0. The van der Waals surface area contributed by atoms with Gasteiger partial charge in [-0.2, -0.15) is 0 Å². The fourth-order valence-electron chi connectivity index (χ4n) is 1.13. The van der Waals surface area contributed by atoms with Crippen LogP contribution in [0.2, 0.25) is 0 Å². The van der Waals surface area contributed by atoms with Gasteiger partial charge in [0.2, 0.25) is 0 Å². The number of nitrogens with one attached hydrogen (secondary N) is 1. The minimum Gasteiger partial charge on any atom is -0.343 e. The Balaban J connectivity index is 2.93. The van der Waals surface area contributed by atoms with Gasteiger partial charge in [0.15, 0.2) is 0 Å². The third-order valence-corrected chi connectivity index (χ3v) is 1.95. The van der Waals surface area contributed by atoms with Gasteiger partial charge in [0.25, 0.3) is 0 Å². The van der Waals surface area contributed by atoms with Crippen molar-refractivity contribution in [3.05, 3.63) is 23.8 Å². The van der Waals surface area contributed by atoms with E-state index in [9.17, 15) is 0 Å². The SMILES string of the molecule is Cc1ncc2[nH]cnc2c1C. The monoisotopic (exact) mass is 147 g/mol. The van der Waals surface area contributed by atoms with Gasteiger partial charge in [-0.1, -0.05) is 0 Å². The van der Waals surface area contributed by atoms with Gasteiger partial charge in [-0.3, -0.25) is 4.98 Å². The molecule has 2 aromatic rings. The highest BCUT2D eigenvalue weighted by Gasteiger charge is 2.01. The van der Waals surface area contributed by atoms with Crippen molar-refractivity contribution in [3.8, 4) is 0 Å². The van der Waals surface area contributed by atoms with E-state index in [-0.39, 0.29) is 0 Å². The first kappa shape index (κ1) is 6.34. The Hall–Kier alpha value is -1.38. The molecular weight excluding hydrogens is 138 g/mol. The van der Waals surface area contributed by atoms with Crippen LogP contribution in [0.15, 0.2) is 12.5 Å². The second kappa shape index (κ2) is 2.05. The molecule has 0 aliphatic carbocycles. The zero-order valence-electron chi connectivity index (χ0n) is 6.55. The summed E-state index contributed by atoms with van der Waals surface area (Å²) < 4.78 is 0. The Labute approximate surface area is 64.5 Å². The van der Waals surface area contributed by atoms with Crippen LogP contribution in [-0.4, -0.2) is 15.0 Å². The lowest BCUT2D eigenvalue weighted by Gasteiger charge is -1.97. The highest BCUT2D eigenvalue weighted by atomic mass is 14.9. The standard InChI is InChI=1S/C8H9N3/c1-5-6(2)9-3-7-8(5)11-4-10-7/h3-4H,1-2H3,(H,10,11). The van der Waals surface area contributed by atoms with Crippen molar-refractivity contribution in [2.75, 3.05) is 0 Å². The summed E-state index contributed by atoms with van der Waals surface area (Å²) in [4.78, 5) is 11.4. The molecule has 2 rings (SSSR count). The third-order valence-electron chi connectivity index (χ3n) is 1.95. The fraction of sp³-hybridized carbons (Fsp3) is 0.250. The third kappa shape index (κ3) is 0.808. The fourth-order valence-corrected chi connectivity index (χ4v) is 1.13. The van der Waals surface area contributed by atoms with Gasteiger partial charge in [0.1, 0.15) is 0 Å². The minimum atomic E-state index is 1.01. The molecule has 0 fully saturated rings. The smallest absolute Gasteiger partial charge is 0.0945 e. The number of imidazole rings is 1. The van der Waals surface area contributed by atoms with Crippen LogP contribution in [0.4, 0.5) is 0 Å². The molecule has 0 aromatic carbocycles. The van der Waals surface area contributed by atoms with Gasteiger partial charge >= 0.3 is 0 Å². The Morgan fingerprint density at radius 1 is 1.27 bits per heavy atom. The molecule has 0 aliphatic rings. The molecule has 0 bridgehead atoms. The van der Waals surface area contributed by atoms with Crippen molar-refractivity contribution >= 4 is 11.0 Å². The van der Waals surface area contributed by atoms with Crippen LogP contribution in [-0.2, 0) is 0 Å². The number of hydrogen-bond donors (Lipinski definition) is 1. The summed E-state index contributed by atoms with van der Waals surface area (Å²) in [5.41, 5.74) is 4.24. The Bertz CT molecular complexity index is 389. The van der Waals surface area contributed by atoms with Crippen molar-refractivity contribution in [1.82, 2.24) is 15.0 Å². The summed E-state index contributed by atoms with van der Waals surface area (Å²) in [6.07, 6.45) is 3.50. The van der Waals surface area contributed by atoms with E-state index in [0.29, 0.717) is 0 Å². The van der Waals surface area contributed by atoms with E-state index in [0.717, 1.165) is 22.3 Å². The molecule has 0 amide bonds. The molecule has 0 radical (unpaired) electrons. The van der Waals surface area contributed by atoms with Crippen LogP contribution < -0.4 is 0 Å². The average molecular weight is 147 g/mol. The van der Waals surface area contributed by atoms with E-state index >= 15 is 0 Å². The molecule has 0 unspecified atom stereocenters. The first-order valence-electron chi connectivity index (χ1n) is 3.54. The number of nitrogens with zero attached hydrogens (tertiary/aromatic N) is 2. The molecule has 0 saturated carbocycles. The van der Waals surface area contributed by atoms with Crippen LogP contribution in [0, 0.1) is 13.8 Å². The summed E-state index contributed by atoms with van der Waals surface area (Å²) in [5, 5.41) is 0. The van der Waals surface area contributed by atoms with Gasteiger partial charge in [-0.15, -0.1) is 0 Å². The predicted molar refractivity (Wildman–Crippen MR) is 43.4 cm³/mol. The van der Waals surface area contributed by atoms with Crippen LogP contribution in [0.1, 0.15) is 11.3 Å². The highest BCUT2D eigenvalue weighted by Crippen LogP contribution is 2.14. The Morgan fingerprint density at radius 3 is 2.91 bits per heavy atom. The molecule has 56 valence electrons. The van der Waals surface area contributed by atoms with Crippen molar-refractivity contribution in [2.24, 2.45) is 0 Å². The molecule has 3 heteroatoms. The Morgan fingerprint density at radius 2 is 2.09 bits per heavy atom. The number of aryl methyl sites for hydroxylation is 2. The molecule has 2 heterocycles. The summed E-state index contributed by atoms with van der Waals surface area (Å²) in [6, 6.07) is 0. The molecular formula is C8H9N3. The van der Waals surface area contributed by atoms with Gasteiger partial charge < -0.3 is 4.98 Å². The maximum atomic E-state index is 4.21. The maximum Gasteiger partial charge on any atom is 0.0945 e. The predicted octanol–water partition coefficient (Wildman–Crippen LogP) is 1.57. The van der Waals surface area contributed by atoms with Crippen molar-refractivity contribution in [2.45, 2.75) is 13.8 Å². The first-order chi connectivity index (χ1) is 5.29. The lowest BCUT2D eigenvalue weighted by Crippen LogP contribution is -1.86. The molecule has 1 N–H and O–H groups in total. The second-order valence-electron chi connectivity index (χ2n) is 2.63. The van der Waals surface area contributed by atoms with E-state index < -0.39 is 0 Å². The average Bonchev–Trinajstić information content (AvgIpc) is 2.45. The molecule has 0 saturated heterocycles. The maximum absolute atomic E-state index is 4.21. The summed E-state index contributed by atoms with van der Waals surface area (Å²) in [5.74, 6) is 0. The normalized spacial score (nSPS) is 10.7. The van der Waals surface area contributed by atoms with E-state index in [2.05, 4.69) is 15.0 Å². The van der Waals surface area contributed by atoms with Crippen molar-refractivity contribution < 1.29 is 0 Å². The zero-order chi connectivity index (χ0) is 7.84. The second-order valence-corrected chi connectivity index (χ2v) is 2.63. The number of aromatic amines is 1. The number of aromatic nitrogens is 3. The number of fused-ring (bicyclic) bond motifs is 1. The van der Waals surface area contributed by atoms with E-state index in [1.807, 2.05) is 20.0 Å². The number of pyridine rings is 1. The van der Waals surface area contributed by atoms with Crippen LogP contribution >= 0.6 is 0 Å². The summed E-state index contributed by atoms with van der Waals surface area (Å²) in [7, 11) is 0. The molecule has 2 aromatic heterocycles. The van der Waals surface area contributed by atoms with Gasteiger partial charge in [0.05, 0.1) is 23.6 Å². The quantitative estimate of drug-likeness (QED) is 0.614. The zero-order valence-corrected chi connectivity index (χ0v) is 6.55. The van der Waals surface area contributed by atoms with Crippen LogP contribution in [0.25, 0.3) is 11.0 Å². The lowest BCUT2D eigenvalue weighted by atomic mass is 10.2. The number of H-pyrrole nitrogens is 1. The Kier molecular flexibility index (Phi) is 1.18. The minimum absolute atomic E-state index is 1.01. The molecule has 0 atom stereocenters. The van der Waals surface area contributed by atoms with E-state index in [1.54, 1.807) is 6.33 Å². The van der Waals surface area contributed by atoms with E-state index in [1.165, 1.54) is 0 Å². The number of rotatable bonds is 0.